The van der Waals surface area contributed by atoms with E-state index in [-0.39, 0.29) is 29.0 Å². The van der Waals surface area contributed by atoms with E-state index in [0.717, 1.165) is 11.1 Å². The topological polar surface area (TPSA) is 0 Å². The number of hydrogen-bond donors (Lipinski definition) is 0. The summed E-state index contributed by atoms with van der Waals surface area (Å²) < 4.78 is 78.8. The summed E-state index contributed by atoms with van der Waals surface area (Å²) in [5, 5.41) is 0. The van der Waals surface area contributed by atoms with Crippen LogP contribution >= 0.6 is 0 Å². The Balaban J connectivity index is 2.75. The van der Waals surface area contributed by atoms with Crippen molar-refractivity contribution < 1.29 is 26.3 Å². The van der Waals surface area contributed by atoms with Crippen LogP contribution in [0, 0.1) is 6.07 Å². The first-order valence-electron chi connectivity index (χ1n) is 8.16. The first-order valence-corrected chi connectivity index (χ1v) is 8.16. The third-order valence-electron chi connectivity index (χ3n) is 4.17. The Morgan fingerprint density at radius 3 is 1.62 bits per heavy atom. The predicted octanol–water partition coefficient (Wildman–Crippen LogP) is 7.44. The van der Waals surface area contributed by atoms with E-state index in [1.807, 2.05) is 33.8 Å². The van der Waals surface area contributed by atoms with Gasteiger partial charge in [-0.25, -0.2) is 0 Å². The summed E-state index contributed by atoms with van der Waals surface area (Å²) in [6.45, 7) is 7.63. The zero-order valence-corrected chi connectivity index (χ0v) is 14.8. The molecule has 1 radical (unpaired) electrons. The Labute approximate surface area is 148 Å². The first-order chi connectivity index (χ1) is 11.8. The van der Waals surface area contributed by atoms with Gasteiger partial charge in [0, 0.05) is 5.56 Å². The lowest BCUT2D eigenvalue weighted by Crippen LogP contribution is -2.12. The molecule has 0 heterocycles. The van der Waals surface area contributed by atoms with Crippen LogP contribution in [0.15, 0.2) is 30.3 Å². The highest BCUT2D eigenvalue weighted by atomic mass is 19.4. The molecule has 0 aliphatic rings. The Hall–Kier alpha value is -1.98. The second-order valence-corrected chi connectivity index (χ2v) is 6.87. The van der Waals surface area contributed by atoms with Crippen molar-refractivity contribution in [1.29, 1.82) is 0 Å². The van der Waals surface area contributed by atoms with Crippen LogP contribution in [0.4, 0.5) is 26.3 Å². The summed E-state index contributed by atoms with van der Waals surface area (Å²) in [4.78, 5) is 0. The zero-order valence-electron chi connectivity index (χ0n) is 14.8. The first kappa shape index (κ1) is 20.3. The normalized spacial score (nSPS) is 12.9. The van der Waals surface area contributed by atoms with Gasteiger partial charge in [0.15, 0.2) is 0 Å². The molecule has 0 fully saturated rings. The quantitative estimate of drug-likeness (QED) is 0.491. The Kier molecular flexibility index (Phi) is 5.45. The average Bonchev–Trinajstić information content (AvgIpc) is 2.52. The van der Waals surface area contributed by atoms with Gasteiger partial charge < -0.3 is 0 Å². The third kappa shape index (κ3) is 4.40. The van der Waals surface area contributed by atoms with Crippen LogP contribution < -0.4 is 0 Å². The lowest BCUT2D eigenvalue weighted by Gasteiger charge is -2.19. The molecule has 2 rings (SSSR count). The summed E-state index contributed by atoms with van der Waals surface area (Å²) in [7, 11) is 0. The van der Waals surface area contributed by atoms with Crippen LogP contribution in [0.3, 0.4) is 0 Å². The van der Waals surface area contributed by atoms with E-state index in [1.54, 1.807) is 12.1 Å². The van der Waals surface area contributed by atoms with Crippen molar-refractivity contribution in [2.24, 2.45) is 0 Å². The molecule has 0 aliphatic carbocycles. The summed E-state index contributed by atoms with van der Waals surface area (Å²) in [6.07, 6.45) is -9.78. The SMILES string of the molecule is CC(C)c1cc(-c2[c]cc(C(F)(F)F)cc2C(F)(F)F)cc(C(C)C)c1. The maximum atomic E-state index is 13.4. The van der Waals surface area contributed by atoms with Gasteiger partial charge in [0.05, 0.1) is 11.1 Å². The predicted molar refractivity (Wildman–Crippen MR) is 88.9 cm³/mol. The molecule has 0 aromatic heterocycles. The van der Waals surface area contributed by atoms with Crippen molar-refractivity contribution >= 4 is 0 Å². The van der Waals surface area contributed by atoms with Crippen molar-refractivity contribution in [3.8, 4) is 11.1 Å². The van der Waals surface area contributed by atoms with Crippen LogP contribution in [-0.4, -0.2) is 0 Å². The van der Waals surface area contributed by atoms with Crippen LogP contribution in [0.25, 0.3) is 11.1 Å². The van der Waals surface area contributed by atoms with Crippen LogP contribution in [0.2, 0.25) is 0 Å². The van der Waals surface area contributed by atoms with Crippen LogP contribution in [0.1, 0.15) is 61.8 Å². The van der Waals surface area contributed by atoms with E-state index in [1.165, 1.54) is 0 Å². The van der Waals surface area contributed by atoms with Gasteiger partial charge in [0.1, 0.15) is 0 Å². The molecule has 26 heavy (non-hydrogen) atoms. The Bertz CT molecular complexity index is 756. The van der Waals surface area contributed by atoms with Gasteiger partial charge in [0.2, 0.25) is 0 Å². The fourth-order valence-electron chi connectivity index (χ4n) is 2.61. The molecule has 0 nitrogen and oxygen atoms in total. The molecule has 0 spiro atoms. The Morgan fingerprint density at radius 2 is 1.23 bits per heavy atom. The van der Waals surface area contributed by atoms with Crippen molar-refractivity contribution in [3.05, 3.63) is 58.7 Å². The van der Waals surface area contributed by atoms with Crippen molar-refractivity contribution in [2.45, 2.75) is 51.9 Å². The fourth-order valence-corrected chi connectivity index (χ4v) is 2.61. The Morgan fingerprint density at radius 1 is 0.731 bits per heavy atom. The minimum absolute atomic E-state index is 0.0660. The highest BCUT2D eigenvalue weighted by molar-refractivity contribution is 5.70. The largest absolute Gasteiger partial charge is 0.417 e. The van der Waals surface area contributed by atoms with E-state index in [4.69, 9.17) is 0 Å². The molecule has 0 saturated heterocycles. The van der Waals surface area contributed by atoms with Crippen molar-refractivity contribution in [3.63, 3.8) is 0 Å². The molecule has 2 aromatic rings. The van der Waals surface area contributed by atoms with Crippen molar-refractivity contribution in [2.75, 3.05) is 0 Å². The average molecular weight is 373 g/mol. The molecule has 0 N–H and O–H groups in total. The highest BCUT2D eigenvalue weighted by Gasteiger charge is 2.38. The van der Waals surface area contributed by atoms with Gasteiger partial charge in [-0.15, -0.1) is 0 Å². The van der Waals surface area contributed by atoms with Gasteiger partial charge >= 0.3 is 12.4 Å². The fraction of sp³-hybridized carbons (Fsp3) is 0.400. The maximum Gasteiger partial charge on any atom is 0.417 e. The second-order valence-electron chi connectivity index (χ2n) is 6.87. The second kappa shape index (κ2) is 6.97. The molecule has 0 amide bonds. The maximum absolute atomic E-state index is 13.4. The third-order valence-corrected chi connectivity index (χ3v) is 4.17. The van der Waals surface area contributed by atoms with Gasteiger partial charge in [-0.2, -0.15) is 26.3 Å². The lowest BCUT2D eigenvalue weighted by atomic mass is 9.89. The number of alkyl halides is 6. The van der Waals surface area contributed by atoms with Gasteiger partial charge in [-0.3, -0.25) is 0 Å². The lowest BCUT2D eigenvalue weighted by molar-refractivity contribution is -0.142. The minimum Gasteiger partial charge on any atom is -0.166 e. The van der Waals surface area contributed by atoms with Gasteiger partial charge in [-0.05, 0) is 46.7 Å². The molecule has 0 bridgehead atoms. The summed E-state index contributed by atoms with van der Waals surface area (Å²) in [5.74, 6) is 0.132. The molecule has 6 heteroatoms. The molecule has 0 aliphatic heterocycles. The summed E-state index contributed by atoms with van der Waals surface area (Å²) in [5.41, 5.74) is -1.18. The van der Waals surface area contributed by atoms with Gasteiger partial charge in [0.25, 0.3) is 0 Å². The van der Waals surface area contributed by atoms with Gasteiger partial charge in [-0.1, -0.05) is 45.9 Å². The summed E-state index contributed by atoms with van der Waals surface area (Å²) in [6, 6.07) is 8.04. The van der Waals surface area contributed by atoms with E-state index < -0.39 is 23.5 Å². The van der Waals surface area contributed by atoms with Crippen LogP contribution in [0.5, 0.6) is 0 Å². The number of halogens is 6. The standard InChI is InChI=1S/C20H19F6/c1-11(2)13-7-14(12(3)4)9-15(8-13)17-6-5-16(19(21,22)23)10-18(17)20(24,25)26/h5,7-12H,1-4H3. The number of hydrogen-bond acceptors (Lipinski definition) is 0. The molecule has 2 aromatic carbocycles. The van der Waals surface area contributed by atoms with E-state index in [2.05, 4.69) is 6.07 Å². The highest BCUT2D eigenvalue weighted by Crippen LogP contribution is 2.41. The molecular weight excluding hydrogens is 354 g/mol. The van der Waals surface area contributed by atoms with E-state index in [0.29, 0.717) is 6.07 Å². The smallest absolute Gasteiger partial charge is 0.166 e. The monoisotopic (exact) mass is 373 g/mol. The minimum atomic E-state index is -4.92. The molecule has 0 unspecified atom stereocenters. The van der Waals surface area contributed by atoms with Crippen LogP contribution in [-0.2, 0) is 12.4 Å². The van der Waals surface area contributed by atoms with E-state index in [9.17, 15) is 26.3 Å². The molecule has 0 atom stereocenters. The zero-order chi connectivity index (χ0) is 19.9. The van der Waals surface area contributed by atoms with Crippen molar-refractivity contribution in [1.82, 2.24) is 0 Å². The number of benzene rings is 2. The van der Waals surface area contributed by atoms with E-state index >= 15 is 0 Å². The number of rotatable bonds is 3. The summed E-state index contributed by atoms with van der Waals surface area (Å²) >= 11 is 0. The molecule has 141 valence electrons. The molecular formula is C20H19F6. The molecule has 0 saturated carbocycles.